The fourth-order valence-electron chi connectivity index (χ4n) is 3.10. The van der Waals surface area contributed by atoms with E-state index in [0.717, 1.165) is 17.2 Å². The van der Waals surface area contributed by atoms with Gasteiger partial charge in [0.1, 0.15) is 15.7 Å². The molecule has 3 aromatic rings. The Labute approximate surface area is 185 Å². The zero-order valence-corrected chi connectivity index (χ0v) is 18.6. The molecule has 6 nitrogen and oxygen atoms in total. The van der Waals surface area contributed by atoms with Crippen LogP contribution < -0.4 is 10.1 Å². The molecule has 0 unspecified atom stereocenters. The van der Waals surface area contributed by atoms with Gasteiger partial charge in [-0.2, -0.15) is 4.31 Å². The van der Waals surface area contributed by atoms with E-state index in [0.29, 0.717) is 35.5 Å². The Hall–Kier alpha value is -2.46. The van der Waals surface area contributed by atoms with Gasteiger partial charge in [0.05, 0.1) is 0 Å². The first-order chi connectivity index (χ1) is 14.5. The van der Waals surface area contributed by atoms with Gasteiger partial charge < -0.3 is 15.0 Å². The molecule has 1 aliphatic heterocycles. The van der Waals surface area contributed by atoms with Crippen molar-refractivity contribution in [3.8, 4) is 11.5 Å². The topological polar surface area (TPSA) is 61.9 Å². The number of hydrogen-bond donors (Lipinski definition) is 1. The van der Waals surface area contributed by atoms with Gasteiger partial charge in [0.15, 0.2) is 5.11 Å². The van der Waals surface area contributed by atoms with Crippen LogP contribution in [-0.4, -0.2) is 48.9 Å². The number of benzene rings is 2. The molecule has 0 spiro atoms. The van der Waals surface area contributed by atoms with E-state index in [-0.39, 0.29) is 0 Å². The normalized spacial score (nSPS) is 15.0. The number of thiocarbonyl (C=S) groups is 1. The number of rotatable bonds is 5. The van der Waals surface area contributed by atoms with Crippen molar-refractivity contribution < 1.29 is 13.2 Å². The van der Waals surface area contributed by atoms with Crippen LogP contribution in [0.1, 0.15) is 0 Å². The van der Waals surface area contributed by atoms with Gasteiger partial charge in [-0.05, 0) is 60.1 Å². The summed E-state index contributed by atoms with van der Waals surface area (Å²) in [5.74, 6) is 1.52. The standard InChI is InChI=1S/C21H21N3O3S3/c25-30(26,20-7-4-16-29-20)24-14-12-23(13-15-24)21(28)22-17-8-10-19(11-9-17)27-18-5-2-1-3-6-18/h1-11,16H,12-15H2,(H,22,28). The van der Waals surface area contributed by atoms with Crippen molar-refractivity contribution in [3.63, 3.8) is 0 Å². The zero-order chi connectivity index (χ0) is 21.0. The highest BCUT2D eigenvalue weighted by atomic mass is 32.2. The van der Waals surface area contributed by atoms with Crippen molar-refractivity contribution in [2.24, 2.45) is 0 Å². The van der Waals surface area contributed by atoms with E-state index in [2.05, 4.69) is 5.32 Å². The Kier molecular flexibility index (Phi) is 6.33. The fourth-order valence-corrected chi connectivity index (χ4v) is 5.97. The molecular formula is C21H21N3O3S3. The summed E-state index contributed by atoms with van der Waals surface area (Å²) in [6.45, 7) is 1.91. The lowest BCUT2D eigenvalue weighted by Crippen LogP contribution is -2.51. The van der Waals surface area contributed by atoms with Crippen molar-refractivity contribution in [3.05, 3.63) is 72.1 Å². The average Bonchev–Trinajstić information content (AvgIpc) is 3.32. The summed E-state index contributed by atoms with van der Waals surface area (Å²) in [6.07, 6.45) is 0. The van der Waals surface area contributed by atoms with Gasteiger partial charge in [-0.25, -0.2) is 8.42 Å². The van der Waals surface area contributed by atoms with E-state index in [4.69, 9.17) is 17.0 Å². The lowest BCUT2D eigenvalue weighted by atomic mass is 10.3. The highest BCUT2D eigenvalue weighted by Gasteiger charge is 2.29. The number of thiophene rings is 1. The Balaban J connectivity index is 1.31. The Morgan fingerprint density at radius 1 is 0.900 bits per heavy atom. The summed E-state index contributed by atoms with van der Waals surface area (Å²) in [7, 11) is -3.41. The van der Waals surface area contributed by atoms with Crippen molar-refractivity contribution in [1.29, 1.82) is 0 Å². The van der Waals surface area contributed by atoms with E-state index >= 15 is 0 Å². The van der Waals surface area contributed by atoms with E-state index < -0.39 is 10.0 Å². The molecule has 4 rings (SSSR count). The summed E-state index contributed by atoms with van der Waals surface area (Å²) in [6, 6.07) is 20.6. The van der Waals surface area contributed by atoms with Crippen LogP contribution in [0.25, 0.3) is 0 Å². The minimum Gasteiger partial charge on any atom is -0.457 e. The largest absolute Gasteiger partial charge is 0.457 e. The first kappa shape index (κ1) is 20.8. The van der Waals surface area contributed by atoms with Gasteiger partial charge in [-0.3, -0.25) is 0 Å². The molecular weight excluding hydrogens is 438 g/mol. The second-order valence-electron chi connectivity index (χ2n) is 6.69. The van der Waals surface area contributed by atoms with E-state index in [1.165, 1.54) is 15.6 Å². The van der Waals surface area contributed by atoms with Gasteiger partial charge >= 0.3 is 0 Å². The number of anilines is 1. The molecule has 0 bridgehead atoms. The highest BCUT2D eigenvalue weighted by Crippen LogP contribution is 2.24. The second-order valence-corrected chi connectivity index (χ2v) is 10.2. The molecule has 1 fully saturated rings. The molecule has 2 heterocycles. The van der Waals surface area contributed by atoms with Crippen LogP contribution >= 0.6 is 23.6 Å². The van der Waals surface area contributed by atoms with Crippen LogP contribution in [-0.2, 0) is 10.0 Å². The van der Waals surface area contributed by atoms with Gasteiger partial charge in [0.25, 0.3) is 10.0 Å². The van der Waals surface area contributed by atoms with Gasteiger partial charge in [0, 0.05) is 31.9 Å². The summed E-state index contributed by atoms with van der Waals surface area (Å²) in [5, 5.41) is 5.58. The van der Waals surface area contributed by atoms with Crippen LogP contribution in [0.2, 0.25) is 0 Å². The van der Waals surface area contributed by atoms with Crippen LogP contribution in [0.15, 0.2) is 76.3 Å². The highest BCUT2D eigenvalue weighted by molar-refractivity contribution is 7.91. The van der Waals surface area contributed by atoms with Crippen LogP contribution in [0.4, 0.5) is 5.69 Å². The van der Waals surface area contributed by atoms with E-state index in [1.807, 2.05) is 59.5 Å². The first-order valence-corrected chi connectivity index (χ1v) is 12.2. The molecule has 0 radical (unpaired) electrons. The van der Waals surface area contributed by atoms with Crippen LogP contribution in [0.5, 0.6) is 11.5 Å². The van der Waals surface area contributed by atoms with E-state index in [1.54, 1.807) is 17.5 Å². The maximum Gasteiger partial charge on any atom is 0.252 e. The molecule has 9 heteroatoms. The third-order valence-electron chi connectivity index (χ3n) is 4.70. The molecule has 1 aromatic heterocycles. The maximum atomic E-state index is 12.6. The minimum atomic E-state index is -3.41. The molecule has 1 N–H and O–H groups in total. The van der Waals surface area contributed by atoms with Crippen molar-refractivity contribution in [1.82, 2.24) is 9.21 Å². The third kappa shape index (κ3) is 4.81. The van der Waals surface area contributed by atoms with Crippen molar-refractivity contribution in [2.45, 2.75) is 4.21 Å². The molecule has 0 saturated carbocycles. The Bertz CT molecular complexity index is 1080. The molecule has 156 valence electrons. The number of hydrogen-bond acceptors (Lipinski definition) is 5. The Morgan fingerprint density at radius 3 is 2.20 bits per heavy atom. The second kappa shape index (κ2) is 9.13. The number of ether oxygens (including phenoxy) is 1. The number of nitrogens with zero attached hydrogens (tertiary/aromatic N) is 2. The first-order valence-electron chi connectivity index (χ1n) is 9.45. The number of piperazine rings is 1. The van der Waals surface area contributed by atoms with Crippen molar-refractivity contribution in [2.75, 3.05) is 31.5 Å². The average molecular weight is 460 g/mol. The van der Waals surface area contributed by atoms with E-state index in [9.17, 15) is 8.42 Å². The fraction of sp³-hybridized carbons (Fsp3) is 0.190. The van der Waals surface area contributed by atoms with Crippen molar-refractivity contribution >= 4 is 44.4 Å². The van der Waals surface area contributed by atoms with Crippen LogP contribution in [0, 0.1) is 0 Å². The third-order valence-corrected chi connectivity index (χ3v) is 8.33. The predicted molar refractivity (Wildman–Crippen MR) is 124 cm³/mol. The maximum absolute atomic E-state index is 12.6. The number of sulfonamides is 1. The molecule has 30 heavy (non-hydrogen) atoms. The predicted octanol–water partition coefficient (Wildman–Crippen LogP) is 4.24. The lowest BCUT2D eigenvalue weighted by Gasteiger charge is -2.35. The smallest absolute Gasteiger partial charge is 0.252 e. The SMILES string of the molecule is O=S(=O)(c1cccs1)N1CCN(C(=S)Nc2ccc(Oc3ccccc3)cc2)CC1. The van der Waals surface area contributed by atoms with Gasteiger partial charge in [-0.15, -0.1) is 11.3 Å². The molecule has 2 aromatic carbocycles. The van der Waals surface area contributed by atoms with Gasteiger partial charge in [0.2, 0.25) is 0 Å². The minimum absolute atomic E-state index is 0.384. The number of nitrogens with one attached hydrogen (secondary N) is 1. The summed E-state index contributed by atoms with van der Waals surface area (Å²) in [4.78, 5) is 1.99. The molecule has 0 aliphatic carbocycles. The quantitative estimate of drug-likeness (QED) is 0.576. The molecule has 1 aliphatic rings. The molecule has 0 atom stereocenters. The molecule has 1 saturated heterocycles. The zero-order valence-electron chi connectivity index (χ0n) is 16.1. The lowest BCUT2D eigenvalue weighted by molar-refractivity contribution is 0.269. The molecule has 0 amide bonds. The number of para-hydroxylation sites is 1. The summed E-state index contributed by atoms with van der Waals surface area (Å²) in [5.41, 5.74) is 0.856. The summed E-state index contributed by atoms with van der Waals surface area (Å²) < 4.78 is 33.0. The summed E-state index contributed by atoms with van der Waals surface area (Å²) >= 11 is 6.77. The van der Waals surface area contributed by atoms with Gasteiger partial charge in [-0.1, -0.05) is 24.3 Å². The van der Waals surface area contributed by atoms with Crippen LogP contribution in [0.3, 0.4) is 0 Å². The monoisotopic (exact) mass is 459 g/mol. The Morgan fingerprint density at radius 2 is 1.57 bits per heavy atom.